The number of thiophene rings is 1. The molecule has 13 heavy (non-hydrogen) atoms. The van der Waals surface area contributed by atoms with Crippen molar-refractivity contribution in [2.24, 2.45) is 0 Å². The molecule has 0 radical (unpaired) electrons. The summed E-state index contributed by atoms with van der Waals surface area (Å²) in [5, 5.41) is 16.7. The second-order valence-corrected chi connectivity index (χ2v) is 4.09. The smallest absolute Gasteiger partial charge is 0.0838 e. The highest BCUT2D eigenvalue weighted by Crippen LogP contribution is 2.11. The molecular formula is C9H16N2OS. The first kappa shape index (κ1) is 10.5. The summed E-state index contributed by atoms with van der Waals surface area (Å²) in [6.45, 7) is 1.30. The van der Waals surface area contributed by atoms with E-state index in [0.717, 1.165) is 5.69 Å². The van der Waals surface area contributed by atoms with Gasteiger partial charge >= 0.3 is 0 Å². The van der Waals surface area contributed by atoms with E-state index >= 15 is 0 Å². The van der Waals surface area contributed by atoms with Crippen LogP contribution in [0.1, 0.15) is 0 Å². The summed E-state index contributed by atoms with van der Waals surface area (Å²) < 4.78 is 0. The second kappa shape index (κ2) is 5.21. The van der Waals surface area contributed by atoms with E-state index in [9.17, 15) is 5.11 Å². The van der Waals surface area contributed by atoms with Gasteiger partial charge in [-0.05, 0) is 25.5 Å². The fourth-order valence-corrected chi connectivity index (χ4v) is 1.70. The van der Waals surface area contributed by atoms with Crippen LogP contribution in [0.4, 0.5) is 5.69 Å². The third kappa shape index (κ3) is 4.26. The molecule has 0 spiro atoms. The van der Waals surface area contributed by atoms with E-state index in [2.05, 4.69) is 5.32 Å². The lowest BCUT2D eigenvalue weighted by Crippen LogP contribution is -2.31. The molecule has 1 heterocycles. The topological polar surface area (TPSA) is 35.5 Å². The predicted octanol–water partition coefficient (Wildman–Crippen LogP) is 1.08. The first-order valence-corrected chi connectivity index (χ1v) is 5.21. The van der Waals surface area contributed by atoms with E-state index in [4.69, 9.17) is 0 Å². The van der Waals surface area contributed by atoms with Gasteiger partial charge in [0.2, 0.25) is 0 Å². The monoisotopic (exact) mass is 200 g/mol. The van der Waals surface area contributed by atoms with Gasteiger partial charge in [-0.1, -0.05) is 0 Å². The molecule has 0 aromatic carbocycles. The van der Waals surface area contributed by atoms with Crippen LogP contribution in [0.15, 0.2) is 16.8 Å². The third-order valence-corrected chi connectivity index (χ3v) is 2.32. The van der Waals surface area contributed by atoms with Crippen LogP contribution in [-0.4, -0.2) is 43.3 Å². The van der Waals surface area contributed by atoms with Gasteiger partial charge < -0.3 is 15.3 Å². The van der Waals surface area contributed by atoms with E-state index in [1.165, 1.54) is 0 Å². The van der Waals surface area contributed by atoms with E-state index in [0.29, 0.717) is 13.1 Å². The zero-order valence-corrected chi connectivity index (χ0v) is 8.84. The average Bonchev–Trinajstić information content (AvgIpc) is 2.51. The molecule has 1 aromatic heterocycles. The van der Waals surface area contributed by atoms with E-state index in [1.807, 2.05) is 35.8 Å². The van der Waals surface area contributed by atoms with Gasteiger partial charge in [0.05, 0.1) is 6.10 Å². The molecule has 1 atom stereocenters. The highest BCUT2D eigenvalue weighted by molar-refractivity contribution is 7.08. The fourth-order valence-electron chi connectivity index (χ4n) is 1.09. The second-order valence-electron chi connectivity index (χ2n) is 3.31. The van der Waals surface area contributed by atoms with Crippen molar-refractivity contribution in [3.63, 3.8) is 0 Å². The highest BCUT2D eigenvalue weighted by atomic mass is 32.1. The van der Waals surface area contributed by atoms with Gasteiger partial charge in [0.15, 0.2) is 0 Å². The molecule has 0 saturated heterocycles. The van der Waals surface area contributed by atoms with Gasteiger partial charge in [0, 0.05) is 24.2 Å². The number of hydrogen-bond donors (Lipinski definition) is 2. The van der Waals surface area contributed by atoms with Gasteiger partial charge in [-0.3, -0.25) is 0 Å². The summed E-state index contributed by atoms with van der Waals surface area (Å²) in [5.41, 5.74) is 1.09. The van der Waals surface area contributed by atoms with Crippen LogP contribution in [0.2, 0.25) is 0 Å². The predicted molar refractivity (Wildman–Crippen MR) is 57.4 cm³/mol. The minimum absolute atomic E-state index is 0.310. The molecule has 0 aliphatic heterocycles. The molecule has 1 unspecified atom stereocenters. The molecule has 4 heteroatoms. The highest BCUT2D eigenvalue weighted by Gasteiger charge is 2.04. The summed E-state index contributed by atoms with van der Waals surface area (Å²) in [5.74, 6) is 0. The van der Waals surface area contributed by atoms with E-state index in [-0.39, 0.29) is 6.10 Å². The van der Waals surface area contributed by atoms with Crippen molar-refractivity contribution >= 4 is 17.0 Å². The van der Waals surface area contributed by atoms with Crippen molar-refractivity contribution in [2.75, 3.05) is 32.5 Å². The van der Waals surface area contributed by atoms with Crippen molar-refractivity contribution < 1.29 is 5.11 Å². The zero-order chi connectivity index (χ0) is 9.68. The van der Waals surface area contributed by atoms with E-state index < -0.39 is 0 Å². The van der Waals surface area contributed by atoms with Crippen LogP contribution in [-0.2, 0) is 0 Å². The van der Waals surface area contributed by atoms with Crippen molar-refractivity contribution in [3.05, 3.63) is 16.8 Å². The minimum atomic E-state index is -0.310. The van der Waals surface area contributed by atoms with Crippen molar-refractivity contribution in [3.8, 4) is 0 Å². The standard InChI is InChI=1S/C9H16N2OS/c1-11(2)6-9(12)5-10-8-3-4-13-7-8/h3-4,7,9-10,12H,5-6H2,1-2H3. The maximum atomic E-state index is 9.52. The molecule has 0 amide bonds. The van der Waals surface area contributed by atoms with Gasteiger partial charge in [-0.25, -0.2) is 0 Å². The molecule has 0 bridgehead atoms. The normalized spacial score (nSPS) is 13.2. The molecule has 1 rings (SSSR count). The Morgan fingerprint density at radius 3 is 2.92 bits per heavy atom. The number of likely N-dealkylation sites (N-methyl/N-ethyl adjacent to an activating group) is 1. The Labute approximate surface area is 83.0 Å². The number of anilines is 1. The Morgan fingerprint density at radius 2 is 2.38 bits per heavy atom. The summed E-state index contributed by atoms with van der Waals surface area (Å²) in [6.07, 6.45) is -0.310. The largest absolute Gasteiger partial charge is 0.390 e. The zero-order valence-electron chi connectivity index (χ0n) is 8.03. The summed E-state index contributed by atoms with van der Waals surface area (Å²) >= 11 is 1.65. The van der Waals surface area contributed by atoms with Gasteiger partial charge in [-0.2, -0.15) is 11.3 Å². The number of nitrogens with zero attached hydrogens (tertiary/aromatic N) is 1. The SMILES string of the molecule is CN(C)CC(O)CNc1ccsc1. The van der Waals surface area contributed by atoms with Crippen LogP contribution < -0.4 is 5.32 Å². The molecule has 0 aliphatic carbocycles. The van der Waals surface area contributed by atoms with Crippen LogP contribution in [0.5, 0.6) is 0 Å². The van der Waals surface area contributed by atoms with Crippen molar-refractivity contribution in [1.29, 1.82) is 0 Å². The molecular weight excluding hydrogens is 184 g/mol. The summed E-state index contributed by atoms with van der Waals surface area (Å²) in [6, 6.07) is 2.01. The number of nitrogens with one attached hydrogen (secondary N) is 1. The fraction of sp³-hybridized carbons (Fsp3) is 0.556. The van der Waals surface area contributed by atoms with Gasteiger partial charge in [0.25, 0.3) is 0 Å². The lowest BCUT2D eigenvalue weighted by molar-refractivity contribution is 0.148. The van der Waals surface area contributed by atoms with E-state index in [1.54, 1.807) is 11.3 Å². The Bertz CT molecular complexity index is 224. The number of rotatable bonds is 5. The van der Waals surface area contributed by atoms with Crippen LogP contribution >= 0.6 is 11.3 Å². The quantitative estimate of drug-likeness (QED) is 0.746. The molecule has 74 valence electrons. The molecule has 3 nitrogen and oxygen atoms in total. The Balaban J connectivity index is 2.19. The molecule has 0 aliphatic rings. The average molecular weight is 200 g/mol. The molecule has 0 fully saturated rings. The number of hydrogen-bond acceptors (Lipinski definition) is 4. The van der Waals surface area contributed by atoms with Gasteiger partial charge in [0.1, 0.15) is 0 Å². The lowest BCUT2D eigenvalue weighted by atomic mass is 10.3. The molecule has 2 N–H and O–H groups in total. The molecule has 1 aromatic rings. The Kier molecular flexibility index (Phi) is 4.21. The number of aliphatic hydroxyl groups is 1. The van der Waals surface area contributed by atoms with Crippen LogP contribution in [0.3, 0.4) is 0 Å². The first-order valence-electron chi connectivity index (χ1n) is 4.27. The summed E-state index contributed by atoms with van der Waals surface area (Å²) in [7, 11) is 3.90. The summed E-state index contributed by atoms with van der Waals surface area (Å²) in [4.78, 5) is 1.97. The Hall–Kier alpha value is -0.580. The van der Waals surface area contributed by atoms with Crippen LogP contribution in [0, 0.1) is 0 Å². The maximum absolute atomic E-state index is 9.52. The lowest BCUT2D eigenvalue weighted by Gasteiger charge is -2.16. The first-order chi connectivity index (χ1) is 6.18. The maximum Gasteiger partial charge on any atom is 0.0838 e. The number of aliphatic hydroxyl groups excluding tert-OH is 1. The van der Waals surface area contributed by atoms with Crippen LogP contribution in [0.25, 0.3) is 0 Å². The Morgan fingerprint density at radius 1 is 1.62 bits per heavy atom. The minimum Gasteiger partial charge on any atom is -0.390 e. The molecule has 0 saturated carbocycles. The third-order valence-electron chi connectivity index (χ3n) is 1.64. The van der Waals surface area contributed by atoms with Crippen molar-refractivity contribution in [2.45, 2.75) is 6.10 Å². The van der Waals surface area contributed by atoms with Crippen molar-refractivity contribution in [1.82, 2.24) is 4.90 Å². The van der Waals surface area contributed by atoms with Gasteiger partial charge in [-0.15, -0.1) is 0 Å².